The maximum absolute atomic E-state index is 13.5. The number of halogens is 6. The number of methoxy groups -OCH3 is 1. The number of anilines is 2. The van der Waals surface area contributed by atoms with E-state index in [9.17, 15) is 26.3 Å². The summed E-state index contributed by atoms with van der Waals surface area (Å²) in [5, 5.41) is 3.41. The molecule has 3 heterocycles. The summed E-state index contributed by atoms with van der Waals surface area (Å²) in [6, 6.07) is 10.7. The van der Waals surface area contributed by atoms with E-state index in [0.29, 0.717) is 11.1 Å². The second kappa shape index (κ2) is 9.69. The fraction of sp³-hybridized carbons (Fsp3) is 0.250. The fourth-order valence-electron chi connectivity index (χ4n) is 3.49. The number of nitrogens with one attached hydrogen (secondary N) is 1. The molecule has 0 bridgehead atoms. The van der Waals surface area contributed by atoms with Crippen LogP contribution >= 0.6 is 0 Å². The third kappa shape index (κ3) is 5.38. The van der Waals surface area contributed by atoms with Crippen molar-refractivity contribution in [1.82, 2.24) is 19.9 Å². The van der Waals surface area contributed by atoms with E-state index in [1.165, 1.54) is 55.8 Å². The van der Waals surface area contributed by atoms with Crippen LogP contribution in [0.25, 0.3) is 22.4 Å². The standard InChI is InChI=1S/C24H19F6N5O/c1-13(23(25,26)27)14-5-7-15(8-6-14)32-21-16-9-10-18(33-22(16)35-19(34-21)12-36-2)20-17(24(28,29)30)4-3-11-31-20/h3-11,13H,12H2,1-2H3,(H,32,33,34,35). The number of fused-ring (bicyclic) bond motifs is 1. The zero-order valence-corrected chi connectivity index (χ0v) is 18.9. The zero-order valence-electron chi connectivity index (χ0n) is 18.9. The van der Waals surface area contributed by atoms with Crippen molar-refractivity contribution >= 4 is 22.5 Å². The Morgan fingerprint density at radius 1 is 0.917 bits per heavy atom. The SMILES string of the molecule is COCc1nc(Nc2ccc(C(C)C(F)(F)F)cc2)c2ccc(-c3ncccc3C(F)(F)F)nc2n1. The Morgan fingerprint density at radius 3 is 2.28 bits per heavy atom. The summed E-state index contributed by atoms with van der Waals surface area (Å²) in [7, 11) is 1.43. The van der Waals surface area contributed by atoms with Crippen molar-refractivity contribution in [2.75, 3.05) is 12.4 Å². The molecule has 1 unspecified atom stereocenters. The van der Waals surface area contributed by atoms with Crippen LogP contribution in [0, 0.1) is 0 Å². The van der Waals surface area contributed by atoms with Crippen LogP contribution in [0.5, 0.6) is 0 Å². The summed E-state index contributed by atoms with van der Waals surface area (Å²) in [5.41, 5.74) is -0.670. The molecule has 0 aliphatic rings. The Balaban J connectivity index is 1.74. The summed E-state index contributed by atoms with van der Waals surface area (Å²) in [6.45, 7) is 1.07. The van der Waals surface area contributed by atoms with E-state index >= 15 is 0 Å². The number of hydrogen-bond acceptors (Lipinski definition) is 6. The average molecular weight is 507 g/mol. The lowest BCUT2D eigenvalue weighted by atomic mass is 10.0. The third-order valence-corrected chi connectivity index (χ3v) is 5.40. The van der Waals surface area contributed by atoms with Crippen molar-refractivity contribution < 1.29 is 31.1 Å². The van der Waals surface area contributed by atoms with Crippen LogP contribution in [-0.2, 0) is 17.5 Å². The van der Waals surface area contributed by atoms with Gasteiger partial charge in [-0.1, -0.05) is 12.1 Å². The number of benzene rings is 1. The van der Waals surface area contributed by atoms with Crippen LogP contribution < -0.4 is 5.32 Å². The first-order chi connectivity index (χ1) is 17.0. The van der Waals surface area contributed by atoms with Crippen molar-refractivity contribution in [2.24, 2.45) is 0 Å². The summed E-state index contributed by atoms with van der Waals surface area (Å²) in [4.78, 5) is 16.8. The molecular formula is C24H19F6N5O. The molecule has 6 nitrogen and oxygen atoms in total. The van der Waals surface area contributed by atoms with E-state index in [-0.39, 0.29) is 40.8 Å². The molecule has 0 saturated heterocycles. The highest BCUT2D eigenvalue weighted by molar-refractivity contribution is 5.90. The first kappa shape index (κ1) is 25.3. The van der Waals surface area contributed by atoms with Gasteiger partial charge in [-0.2, -0.15) is 26.3 Å². The quantitative estimate of drug-likeness (QED) is 0.294. The molecule has 0 fully saturated rings. The first-order valence-electron chi connectivity index (χ1n) is 10.6. The third-order valence-electron chi connectivity index (χ3n) is 5.40. The molecule has 4 aromatic rings. The summed E-state index contributed by atoms with van der Waals surface area (Å²) in [5.74, 6) is -1.16. The Labute approximate surface area is 201 Å². The monoisotopic (exact) mass is 507 g/mol. The number of pyridine rings is 2. The number of alkyl halides is 6. The summed E-state index contributed by atoms with van der Waals surface area (Å²) >= 11 is 0. The highest BCUT2D eigenvalue weighted by atomic mass is 19.4. The average Bonchev–Trinajstić information content (AvgIpc) is 2.83. The molecule has 0 aliphatic heterocycles. The number of ether oxygens (including phenoxy) is 1. The van der Waals surface area contributed by atoms with E-state index in [1.807, 2.05) is 0 Å². The normalized spacial score (nSPS) is 13.1. The number of hydrogen-bond donors (Lipinski definition) is 1. The fourth-order valence-corrected chi connectivity index (χ4v) is 3.49. The lowest BCUT2D eigenvalue weighted by Crippen LogP contribution is -2.17. The van der Waals surface area contributed by atoms with Crippen LogP contribution in [0.2, 0.25) is 0 Å². The Morgan fingerprint density at radius 2 is 1.64 bits per heavy atom. The van der Waals surface area contributed by atoms with Gasteiger partial charge in [0.05, 0.1) is 22.6 Å². The van der Waals surface area contributed by atoms with E-state index in [1.54, 1.807) is 0 Å². The van der Waals surface area contributed by atoms with Gasteiger partial charge in [0.1, 0.15) is 18.1 Å². The van der Waals surface area contributed by atoms with Gasteiger partial charge in [-0.15, -0.1) is 0 Å². The second-order valence-corrected chi connectivity index (χ2v) is 7.90. The maximum atomic E-state index is 13.5. The molecule has 1 N–H and O–H groups in total. The molecule has 188 valence electrons. The van der Waals surface area contributed by atoms with E-state index < -0.39 is 23.8 Å². The van der Waals surface area contributed by atoms with Gasteiger partial charge in [-0.05, 0) is 48.9 Å². The Hall–Kier alpha value is -3.80. The molecule has 0 aliphatic carbocycles. The van der Waals surface area contributed by atoms with Crippen molar-refractivity contribution in [3.05, 3.63) is 71.7 Å². The smallest absolute Gasteiger partial charge is 0.377 e. The zero-order chi connectivity index (χ0) is 26.1. The van der Waals surface area contributed by atoms with Gasteiger partial charge < -0.3 is 10.1 Å². The molecule has 4 rings (SSSR count). The summed E-state index contributed by atoms with van der Waals surface area (Å²) in [6.07, 6.45) is -7.76. The molecule has 3 aromatic heterocycles. The van der Waals surface area contributed by atoms with E-state index in [4.69, 9.17) is 4.74 Å². The van der Waals surface area contributed by atoms with Crippen LogP contribution in [0.1, 0.15) is 29.8 Å². The molecule has 12 heteroatoms. The molecule has 0 saturated carbocycles. The largest absolute Gasteiger partial charge is 0.418 e. The highest BCUT2D eigenvalue weighted by Gasteiger charge is 2.37. The van der Waals surface area contributed by atoms with Crippen LogP contribution in [0.3, 0.4) is 0 Å². The molecule has 0 radical (unpaired) electrons. The number of rotatable bonds is 6. The van der Waals surface area contributed by atoms with Gasteiger partial charge in [-0.3, -0.25) is 4.98 Å². The molecule has 36 heavy (non-hydrogen) atoms. The summed E-state index contributed by atoms with van der Waals surface area (Å²) < 4.78 is 84.5. The van der Waals surface area contributed by atoms with Crippen molar-refractivity contribution in [1.29, 1.82) is 0 Å². The lowest BCUT2D eigenvalue weighted by Gasteiger charge is -2.17. The van der Waals surface area contributed by atoms with Crippen LogP contribution in [-0.4, -0.2) is 33.2 Å². The first-order valence-corrected chi connectivity index (χ1v) is 10.6. The minimum Gasteiger partial charge on any atom is -0.377 e. The van der Waals surface area contributed by atoms with E-state index in [2.05, 4.69) is 25.3 Å². The van der Waals surface area contributed by atoms with Gasteiger partial charge in [0.2, 0.25) is 0 Å². The Bertz CT molecular complexity index is 1370. The molecular weight excluding hydrogens is 488 g/mol. The van der Waals surface area contributed by atoms with Gasteiger partial charge >= 0.3 is 12.4 Å². The number of nitrogens with zero attached hydrogens (tertiary/aromatic N) is 4. The minimum atomic E-state index is -4.63. The second-order valence-electron chi connectivity index (χ2n) is 7.90. The predicted molar refractivity (Wildman–Crippen MR) is 120 cm³/mol. The van der Waals surface area contributed by atoms with Crippen molar-refractivity contribution in [2.45, 2.75) is 31.8 Å². The van der Waals surface area contributed by atoms with E-state index in [0.717, 1.165) is 13.0 Å². The van der Waals surface area contributed by atoms with Gasteiger partial charge in [-0.25, -0.2) is 15.0 Å². The molecule has 0 spiro atoms. The lowest BCUT2D eigenvalue weighted by molar-refractivity contribution is -0.146. The predicted octanol–water partition coefficient (Wildman–Crippen LogP) is 6.66. The minimum absolute atomic E-state index is 0.00402. The van der Waals surface area contributed by atoms with Gasteiger partial charge in [0, 0.05) is 19.0 Å². The van der Waals surface area contributed by atoms with Crippen molar-refractivity contribution in [3.8, 4) is 11.4 Å². The topological polar surface area (TPSA) is 72.8 Å². The molecule has 0 amide bonds. The van der Waals surface area contributed by atoms with Crippen LogP contribution in [0.4, 0.5) is 37.8 Å². The van der Waals surface area contributed by atoms with Crippen molar-refractivity contribution in [3.63, 3.8) is 0 Å². The van der Waals surface area contributed by atoms with Gasteiger partial charge in [0.15, 0.2) is 11.5 Å². The highest BCUT2D eigenvalue weighted by Crippen LogP contribution is 2.37. The Kier molecular flexibility index (Phi) is 6.81. The molecule has 1 atom stereocenters. The number of aromatic nitrogens is 4. The van der Waals surface area contributed by atoms with Crippen LogP contribution in [0.15, 0.2) is 54.7 Å². The molecule has 1 aromatic carbocycles. The van der Waals surface area contributed by atoms with Gasteiger partial charge in [0.25, 0.3) is 0 Å². The maximum Gasteiger partial charge on any atom is 0.418 e.